The van der Waals surface area contributed by atoms with Gasteiger partial charge in [-0.05, 0) is 61.6 Å². The number of carbonyl (C=O) groups excluding carboxylic acids is 1. The van der Waals surface area contributed by atoms with Gasteiger partial charge in [0.05, 0.1) is 6.04 Å². The van der Waals surface area contributed by atoms with Gasteiger partial charge in [0.2, 0.25) is 5.91 Å². The van der Waals surface area contributed by atoms with Crippen LogP contribution in [-0.2, 0) is 10.2 Å². The van der Waals surface area contributed by atoms with Crippen LogP contribution in [0.4, 0.5) is 8.78 Å². The van der Waals surface area contributed by atoms with Crippen molar-refractivity contribution in [2.75, 3.05) is 13.2 Å². The van der Waals surface area contributed by atoms with Gasteiger partial charge in [0, 0.05) is 25.0 Å². The maximum atomic E-state index is 13.3. The van der Waals surface area contributed by atoms with Gasteiger partial charge >= 0.3 is 0 Å². The van der Waals surface area contributed by atoms with Crippen LogP contribution < -0.4 is 0 Å². The van der Waals surface area contributed by atoms with Crippen LogP contribution in [-0.4, -0.2) is 29.1 Å². The Balaban J connectivity index is 1.81. The van der Waals surface area contributed by atoms with E-state index in [9.17, 15) is 18.7 Å². The van der Waals surface area contributed by atoms with Crippen LogP contribution in [0.1, 0.15) is 49.8 Å². The van der Waals surface area contributed by atoms with Gasteiger partial charge in [0.1, 0.15) is 11.6 Å². The van der Waals surface area contributed by atoms with E-state index in [-0.39, 0.29) is 35.6 Å². The van der Waals surface area contributed by atoms with Crippen molar-refractivity contribution < 1.29 is 18.7 Å². The summed E-state index contributed by atoms with van der Waals surface area (Å²) in [6.07, 6.45) is 2.35. The van der Waals surface area contributed by atoms with E-state index in [0.29, 0.717) is 25.8 Å². The van der Waals surface area contributed by atoms with E-state index in [2.05, 4.69) is 0 Å². The number of rotatable bonds is 6. The van der Waals surface area contributed by atoms with Crippen molar-refractivity contribution in [3.05, 3.63) is 71.3 Å². The summed E-state index contributed by atoms with van der Waals surface area (Å²) < 4.78 is 26.5. The monoisotopic (exact) mass is 373 g/mol. The van der Waals surface area contributed by atoms with Crippen molar-refractivity contribution in [2.24, 2.45) is 0 Å². The average Bonchev–Trinajstić information content (AvgIpc) is 2.67. The molecule has 3 nitrogen and oxygen atoms in total. The topological polar surface area (TPSA) is 40.5 Å². The van der Waals surface area contributed by atoms with Gasteiger partial charge in [-0.3, -0.25) is 4.79 Å². The second-order valence-corrected chi connectivity index (χ2v) is 7.36. The highest BCUT2D eigenvalue weighted by Gasteiger charge is 2.41. The SMILES string of the molecule is C[C@@H](c1ccc(F)cc1)N1CC[C@](CCCO)(c2ccc(F)cc2)CC1=O. The standard InChI is InChI=1S/C22H25F2NO2/c1-16(17-3-7-19(23)8-4-17)25-13-12-22(11-2-14-26,15-21(25)27)18-5-9-20(24)10-6-18/h3-10,16,26H,2,11-15H2,1H3/t16-,22-/m0/s1. The van der Waals surface area contributed by atoms with Gasteiger partial charge in [0.25, 0.3) is 0 Å². The van der Waals surface area contributed by atoms with Crippen molar-refractivity contribution in [3.8, 4) is 0 Å². The first-order valence-corrected chi connectivity index (χ1v) is 9.37. The Morgan fingerprint density at radius 2 is 1.67 bits per heavy atom. The third kappa shape index (κ3) is 4.19. The largest absolute Gasteiger partial charge is 0.396 e. The normalized spacial score (nSPS) is 21.3. The molecule has 2 aromatic rings. The van der Waals surface area contributed by atoms with Crippen LogP contribution in [0.25, 0.3) is 0 Å². The Hall–Kier alpha value is -2.27. The molecular weight excluding hydrogens is 348 g/mol. The molecule has 27 heavy (non-hydrogen) atoms. The first kappa shape index (κ1) is 19.5. The van der Waals surface area contributed by atoms with E-state index in [1.807, 2.05) is 11.8 Å². The van der Waals surface area contributed by atoms with Gasteiger partial charge in [0.15, 0.2) is 0 Å². The third-order valence-electron chi connectivity index (χ3n) is 5.73. The predicted molar refractivity (Wildman–Crippen MR) is 100 cm³/mol. The summed E-state index contributed by atoms with van der Waals surface area (Å²) in [5.41, 5.74) is 1.46. The van der Waals surface area contributed by atoms with E-state index >= 15 is 0 Å². The lowest BCUT2D eigenvalue weighted by molar-refractivity contribution is -0.138. The summed E-state index contributed by atoms with van der Waals surface area (Å²) in [4.78, 5) is 14.8. The number of hydrogen-bond donors (Lipinski definition) is 1. The third-order valence-corrected chi connectivity index (χ3v) is 5.73. The molecule has 1 heterocycles. The number of aliphatic hydroxyl groups is 1. The van der Waals surface area contributed by atoms with Crippen LogP contribution in [0, 0.1) is 11.6 Å². The molecule has 0 bridgehead atoms. The average molecular weight is 373 g/mol. The maximum Gasteiger partial charge on any atom is 0.223 e. The number of likely N-dealkylation sites (tertiary alicyclic amines) is 1. The Bertz CT molecular complexity index is 776. The molecule has 1 fully saturated rings. The second kappa shape index (κ2) is 8.17. The lowest BCUT2D eigenvalue weighted by Gasteiger charge is -2.44. The van der Waals surface area contributed by atoms with E-state index in [4.69, 9.17) is 0 Å². The van der Waals surface area contributed by atoms with Crippen molar-refractivity contribution in [2.45, 2.75) is 44.1 Å². The molecule has 2 aromatic carbocycles. The van der Waals surface area contributed by atoms with Crippen LogP contribution in [0.2, 0.25) is 0 Å². The molecule has 2 atom stereocenters. The van der Waals surface area contributed by atoms with Gasteiger partial charge in [-0.1, -0.05) is 24.3 Å². The zero-order valence-electron chi connectivity index (χ0n) is 15.5. The fourth-order valence-electron chi connectivity index (χ4n) is 4.09. The lowest BCUT2D eigenvalue weighted by atomic mass is 9.69. The summed E-state index contributed by atoms with van der Waals surface area (Å²) in [6.45, 7) is 2.58. The van der Waals surface area contributed by atoms with Gasteiger partial charge in [-0.2, -0.15) is 0 Å². The highest BCUT2D eigenvalue weighted by molar-refractivity contribution is 5.79. The number of aliphatic hydroxyl groups excluding tert-OH is 1. The van der Waals surface area contributed by atoms with Crippen LogP contribution >= 0.6 is 0 Å². The summed E-state index contributed by atoms with van der Waals surface area (Å²) in [5.74, 6) is -0.569. The molecule has 0 radical (unpaired) electrons. The minimum atomic E-state index is -0.382. The van der Waals surface area contributed by atoms with Crippen molar-refractivity contribution in [1.82, 2.24) is 4.90 Å². The molecule has 5 heteroatoms. The van der Waals surface area contributed by atoms with E-state index in [1.165, 1.54) is 24.3 Å². The molecule has 0 aromatic heterocycles. The van der Waals surface area contributed by atoms with Gasteiger partial charge in [-0.15, -0.1) is 0 Å². The number of amides is 1. The number of halogens is 2. The number of piperidine rings is 1. The summed E-state index contributed by atoms with van der Waals surface area (Å²) in [6, 6.07) is 12.4. The fourth-order valence-corrected chi connectivity index (χ4v) is 4.09. The zero-order valence-corrected chi connectivity index (χ0v) is 15.5. The molecular formula is C22H25F2NO2. The highest BCUT2D eigenvalue weighted by Crippen LogP contribution is 2.42. The number of benzene rings is 2. The molecule has 0 unspecified atom stereocenters. The number of carbonyl (C=O) groups is 1. The van der Waals surface area contributed by atoms with Gasteiger partial charge < -0.3 is 10.0 Å². The highest BCUT2D eigenvalue weighted by atomic mass is 19.1. The van der Waals surface area contributed by atoms with Crippen molar-refractivity contribution in [1.29, 1.82) is 0 Å². The van der Waals surface area contributed by atoms with Crippen molar-refractivity contribution in [3.63, 3.8) is 0 Å². The Kier molecular flexibility index (Phi) is 5.90. The molecule has 1 aliphatic heterocycles. The predicted octanol–water partition coefficient (Wildman–Crippen LogP) is 4.36. The molecule has 1 amide bonds. The Morgan fingerprint density at radius 1 is 1.07 bits per heavy atom. The quantitative estimate of drug-likeness (QED) is 0.817. The van der Waals surface area contributed by atoms with Gasteiger partial charge in [-0.25, -0.2) is 8.78 Å². The maximum absolute atomic E-state index is 13.3. The van der Waals surface area contributed by atoms with Crippen molar-refractivity contribution >= 4 is 5.91 Å². The van der Waals surface area contributed by atoms with Crippen LogP contribution in [0.3, 0.4) is 0 Å². The van der Waals surface area contributed by atoms with Crippen LogP contribution in [0.5, 0.6) is 0 Å². The Labute approximate surface area is 158 Å². The molecule has 3 rings (SSSR count). The minimum Gasteiger partial charge on any atom is -0.396 e. The lowest BCUT2D eigenvalue weighted by Crippen LogP contribution is -2.47. The second-order valence-electron chi connectivity index (χ2n) is 7.36. The van der Waals surface area contributed by atoms with E-state index in [1.54, 1.807) is 24.3 Å². The fraction of sp³-hybridized carbons (Fsp3) is 0.409. The Morgan fingerprint density at radius 3 is 2.22 bits per heavy atom. The molecule has 0 spiro atoms. The van der Waals surface area contributed by atoms with Crippen LogP contribution in [0.15, 0.2) is 48.5 Å². The summed E-state index contributed by atoms with van der Waals surface area (Å²) >= 11 is 0. The molecule has 1 saturated heterocycles. The first-order chi connectivity index (χ1) is 12.9. The first-order valence-electron chi connectivity index (χ1n) is 9.37. The summed E-state index contributed by atoms with van der Waals surface area (Å²) in [7, 11) is 0. The minimum absolute atomic E-state index is 0.0281. The summed E-state index contributed by atoms with van der Waals surface area (Å²) in [5, 5.41) is 9.29. The zero-order chi connectivity index (χ0) is 19.4. The molecule has 144 valence electrons. The molecule has 1 aliphatic rings. The molecule has 1 N–H and O–H groups in total. The molecule has 0 aliphatic carbocycles. The van der Waals surface area contributed by atoms with E-state index < -0.39 is 0 Å². The smallest absolute Gasteiger partial charge is 0.223 e. The molecule has 0 saturated carbocycles. The number of nitrogens with zero attached hydrogens (tertiary/aromatic N) is 1. The number of hydrogen-bond acceptors (Lipinski definition) is 2. The van der Waals surface area contributed by atoms with E-state index in [0.717, 1.165) is 17.5 Å².